The number of ether oxygens (including phenoxy) is 1. The number of esters is 1. The third-order valence-electron chi connectivity index (χ3n) is 1.88. The lowest BCUT2D eigenvalue weighted by Gasteiger charge is -2.17. The predicted octanol–water partition coefficient (Wildman–Crippen LogP) is 1.88. The number of rotatable bonds is 6. The maximum absolute atomic E-state index is 11.4. The molecule has 1 N–H and O–H groups in total. The van der Waals surface area contributed by atoms with Crippen LogP contribution in [-0.2, 0) is 14.3 Å². The summed E-state index contributed by atoms with van der Waals surface area (Å²) in [6, 6.07) is 0. The van der Waals surface area contributed by atoms with Gasteiger partial charge in [-0.3, -0.25) is 9.59 Å². The first-order valence-electron chi connectivity index (χ1n) is 5.77. The molecule has 0 radical (unpaired) electrons. The van der Waals surface area contributed by atoms with Gasteiger partial charge in [0, 0.05) is 19.4 Å². The Kier molecular flexibility index (Phi) is 6.77. The second-order valence-electron chi connectivity index (χ2n) is 5.00. The van der Waals surface area contributed by atoms with E-state index >= 15 is 0 Å². The standard InChI is InChI=1S/C12H23NO3/c1-5-16-11(15)7-6-8-13-10(14)9-12(2,3)4/h5-9H2,1-4H3,(H,13,14). The van der Waals surface area contributed by atoms with Crippen LogP contribution in [0.15, 0.2) is 0 Å². The van der Waals surface area contributed by atoms with E-state index in [2.05, 4.69) is 5.32 Å². The van der Waals surface area contributed by atoms with Gasteiger partial charge in [-0.15, -0.1) is 0 Å². The Bertz CT molecular complexity index is 231. The number of carbonyl (C=O) groups is 2. The van der Waals surface area contributed by atoms with Crippen molar-refractivity contribution in [2.45, 2.75) is 47.0 Å². The van der Waals surface area contributed by atoms with Crippen molar-refractivity contribution in [1.29, 1.82) is 0 Å². The molecule has 0 fully saturated rings. The van der Waals surface area contributed by atoms with Gasteiger partial charge in [0.25, 0.3) is 0 Å². The summed E-state index contributed by atoms with van der Waals surface area (Å²) in [5.74, 6) is -0.163. The van der Waals surface area contributed by atoms with Gasteiger partial charge in [0.2, 0.25) is 5.91 Å². The van der Waals surface area contributed by atoms with Gasteiger partial charge >= 0.3 is 5.97 Å². The van der Waals surface area contributed by atoms with Gasteiger partial charge in [0.1, 0.15) is 0 Å². The molecule has 0 aromatic carbocycles. The molecule has 0 aromatic rings. The van der Waals surface area contributed by atoms with E-state index in [1.807, 2.05) is 20.8 Å². The molecule has 1 amide bonds. The molecule has 0 aliphatic heterocycles. The summed E-state index contributed by atoms with van der Waals surface area (Å²) in [6.07, 6.45) is 1.50. The Morgan fingerprint density at radius 2 is 1.88 bits per heavy atom. The van der Waals surface area contributed by atoms with E-state index in [-0.39, 0.29) is 17.3 Å². The third kappa shape index (κ3) is 9.49. The fourth-order valence-corrected chi connectivity index (χ4v) is 1.24. The molecule has 0 atom stereocenters. The lowest BCUT2D eigenvalue weighted by Crippen LogP contribution is -2.28. The first-order chi connectivity index (χ1) is 7.35. The summed E-state index contributed by atoms with van der Waals surface area (Å²) in [4.78, 5) is 22.4. The van der Waals surface area contributed by atoms with E-state index in [1.165, 1.54) is 0 Å². The van der Waals surface area contributed by atoms with Gasteiger partial charge in [-0.2, -0.15) is 0 Å². The molecule has 0 spiro atoms. The Morgan fingerprint density at radius 3 is 2.38 bits per heavy atom. The highest BCUT2D eigenvalue weighted by Crippen LogP contribution is 2.17. The molecule has 16 heavy (non-hydrogen) atoms. The molecule has 4 nitrogen and oxygen atoms in total. The summed E-state index contributed by atoms with van der Waals surface area (Å²) in [5, 5.41) is 2.79. The molecular weight excluding hydrogens is 206 g/mol. The Hall–Kier alpha value is -1.06. The van der Waals surface area contributed by atoms with Crippen molar-refractivity contribution in [2.75, 3.05) is 13.2 Å². The second kappa shape index (κ2) is 7.25. The molecule has 0 heterocycles. The highest BCUT2D eigenvalue weighted by Gasteiger charge is 2.15. The van der Waals surface area contributed by atoms with Crippen LogP contribution in [0.4, 0.5) is 0 Å². The molecule has 0 aromatic heterocycles. The van der Waals surface area contributed by atoms with Gasteiger partial charge in [0.05, 0.1) is 6.61 Å². The van der Waals surface area contributed by atoms with E-state index < -0.39 is 0 Å². The molecular formula is C12H23NO3. The SMILES string of the molecule is CCOC(=O)CCCNC(=O)CC(C)(C)C. The Balaban J connectivity index is 3.52. The number of hydrogen-bond acceptors (Lipinski definition) is 3. The normalized spacial score (nSPS) is 11.0. The van der Waals surface area contributed by atoms with Crippen LogP contribution in [0.25, 0.3) is 0 Å². The van der Waals surface area contributed by atoms with Gasteiger partial charge < -0.3 is 10.1 Å². The molecule has 4 heteroatoms. The highest BCUT2D eigenvalue weighted by atomic mass is 16.5. The number of nitrogens with one attached hydrogen (secondary N) is 1. The average Bonchev–Trinajstić information content (AvgIpc) is 2.10. The van der Waals surface area contributed by atoms with Crippen LogP contribution < -0.4 is 5.32 Å². The first kappa shape index (κ1) is 14.9. The van der Waals surface area contributed by atoms with E-state index in [4.69, 9.17) is 4.74 Å². The molecule has 0 bridgehead atoms. The quantitative estimate of drug-likeness (QED) is 0.559. The number of carbonyl (C=O) groups excluding carboxylic acids is 2. The van der Waals surface area contributed by atoms with Crippen LogP contribution in [0.2, 0.25) is 0 Å². The molecule has 0 saturated carbocycles. The van der Waals surface area contributed by atoms with Crippen molar-refractivity contribution in [3.8, 4) is 0 Å². The summed E-state index contributed by atoms with van der Waals surface area (Å²) < 4.78 is 4.78. The van der Waals surface area contributed by atoms with Crippen molar-refractivity contribution in [3.05, 3.63) is 0 Å². The smallest absolute Gasteiger partial charge is 0.305 e. The fraction of sp³-hybridized carbons (Fsp3) is 0.833. The van der Waals surface area contributed by atoms with Crippen molar-refractivity contribution >= 4 is 11.9 Å². The molecule has 94 valence electrons. The largest absolute Gasteiger partial charge is 0.466 e. The zero-order valence-corrected chi connectivity index (χ0v) is 10.8. The maximum atomic E-state index is 11.4. The topological polar surface area (TPSA) is 55.4 Å². The summed E-state index contributed by atoms with van der Waals surface area (Å²) in [5.41, 5.74) is 0.00518. The van der Waals surface area contributed by atoms with E-state index in [0.717, 1.165) is 0 Å². The van der Waals surface area contributed by atoms with E-state index in [1.54, 1.807) is 6.92 Å². The van der Waals surface area contributed by atoms with Crippen molar-refractivity contribution < 1.29 is 14.3 Å². The zero-order chi connectivity index (χ0) is 12.6. The fourth-order valence-electron chi connectivity index (χ4n) is 1.24. The van der Waals surface area contributed by atoms with Crippen LogP contribution in [-0.4, -0.2) is 25.0 Å². The molecule has 0 unspecified atom stereocenters. The molecule has 0 rings (SSSR count). The van der Waals surface area contributed by atoms with Crippen molar-refractivity contribution in [1.82, 2.24) is 5.32 Å². The minimum atomic E-state index is -0.201. The minimum absolute atomic E-state index is 0.00518. The monoisotopic (exact) mass is 229 g/mol. The van der Waals surface area contributed by atoms with Crippen LogP contribution in [0.3, 0.4) is 0 Å². The van der Waals surface area contributed by atoms with E-state index in [9.17, 15) is 9.59 Å². The van der Waals surface area contributed by atoms with Gasteiger partial charge in [-0.05, 0) is 18.8 Å². The average molecular weight is 229 g/mol. The zero-order valence-electron chi connectivity index (χ0n) is 10.8. The maximum Gasteiger partial charge on any atom is 0.305 e. The Labute approximate surface area is 97.7 Å². The van der Waals surface area contributed by atoms with Crippen molar-refractivity contribution in [3.63, 3.8) is 0 Å². The van der Waals surface area contributed by atoms with Gasteiger partial charge in [0.15, 0.2) is 0 Å². The third-order valence-corrected chi connectivity index (χ3v) is 1.88. The summed E-state index contributed by atoms with van der Waals surface area (Å²) >= 11 is 0. The first-order valence-corrected chi connectivity index (χ1v) is 5.77. The van der Waals surface area contributed by atoms with Gasteiger partial charge in [-0.25, -0.2) is 0 Å². The lowest BCUT2D eigenvalue weighted by molar-refractivity contribution is -0.143. The molecule has 0 saturated heterocycles. The van der Waals surface area contributed by atoms with Crippen LogP contribution in [0.5, 0.6) is 0 Å². The predicted molar refractivity (Wildman–Crippen MR) is 62.9 cm³/mol. The minimum Gasteiger partial charge on any atom is -0.466 e. The number of hydrogen-bond donors (Lipinski definition) is 1. The molecule has 0 aliphatic carbocycles. The van der Waals surface area contributed by atoms with Crippen molar-refractivity contribution in [2.24, 2.45) is 5.41 Å². The number of amides is 1. The Morgan fingerprint density at radius 1 is 1.25 bits per heavy atom. The summed E-state index contributed by atoms with van der Waals surface area (Å²) in [6.45, 7) is 8.79. The van der Waals surface area contributed by atoms with Crippen LogP contribution in [0, 0.1) is 5.41 Å². The molecule has 0 aliphatic rings. The second-order valence-corrected chi connectivity index (χ2v) is 5.00. The van der Waals surface area contributed by atoms with E-state index in [0.29, 0.717) is 32.4 Å². The lowest BCUT2D eigenvalue weighted by atomic mass is 9.92. The van der Waals surface area contributed by atoms with Crippen LogP contribution >= 0.6 is 0 Å². The summed E-state index contributed by atoms with van der Waals surface area (Å²) in [7, 11) is 0. The van der Waals surface area contributed by atoms with Crippen LogP contribution in [0.1, 0.15) is 47.0 Å². The highest BCUT2D eigenvalue weighted by molar-refractivity contribution is 5.76. The van der Waals surface area contributed by atoms with Gasteiger partial charge in [-0.1, -0.05) is 20.8 Å².